The van der Waals surface area contributed by atoms with Gasteiger partial charge < -0.3 is 30.6 Å². The summed E-state index contributed by atoms with van der Waals surface area (Å²) in [6, 6.07) is 8.64. The molecule has 6 nitrogen and oxygen atoms in total. The highest BCUT2D eigenvalue weighted by atomic mass is 16.4. The summed E-state index contributed by atoms with van der Waals surface area (Å²) in [5.41, 5.74) is 1.31. The summed E-state index contributed by atoms with van der Waals surface area (Å²) in [4.78, 5) is 0. The first-order valence-corrected chi connectivity index (χ1v) is 10.6. The van der Waals surface area contributed by atoms with Gasteiger partial charge in [0.15, 0.2) is 0 Å². The van der Waals surface area contributed by atoms with Crippen molar-refractivity contribution in [2.24, 2.45) is 11.3 Å². The molecule has 0 saturated carbocycles. The standard InChI is InChI=1S/C25H34O6/c1-4-25(16(2)3)12-10-18(11-13-25)15-20(27)22(29)24(31)23(30)21(28)19(26)14-17-8-6-5-7-9-17/h5-12,14-16,21-24,26-31H,4,13H2,1-3H3/t21-,22+,23-,24-,25?/m1/s1. The molecule has 6 heteroatoms. The average Bonchev–Trinajstić information content (AvgIpc) is 2.78. The Hall–Kier alpha value is -2.38. The van der Waals surface area contributed by atoms with Gasteiger partial charge in [-0.3, -0.25) is 0 Å². The smallest absolute Gasteiger partial charge is 0.139 e. The lowest BCUT2D eigenvalue weighted by Gasteiger charge is -2.35. The largest absolute Gasteiger partial charge is 0.509 e. The van der Waals surface area contributed by atoms with Crippen molar-refractivity contribution in [2.75, 3.05) is 0 Å². The van der Waals surface area contributed by atoms with Crippen molar-refractivity contribution in [3.05, 3.63) is 77.3 Å². The van der Waals surface area contributed by atoms with E-state index in [1.165, 1.54) is 12.2 Å². The number of allylic oxidation sites excluding steroid dienone is 5. The number of rotatable bonds is 9. The maximum absolute atomic E-state index is 10.3. The van der Waals surface area contributed by atoms with E-state index in [2.05, 4.69) is 26.8 Å². The Balaban J connectivity index is 2.07. The first kappa shape index (κ1) is 24.9. The zero-order valence-corrected chi connectivity index (χ0v) is 18.3. The van der Waals surface area contributed by atoms with Crippen molar-refractivity contribution in [2.45, 2.75) is 58.0 Å². The van der Waals surface area contributed by atoms with Gasteiger partial charge in [0.25, 0.3) is 0 Å². The van der Waals surface area contributed by atoms with Gasteiger partial charge in [-0.15, -0.1) is 0 Å². The highest BCUT2D eigenvalue weighted by molar-refractivity contribution is 5.51. The molecule has 0 amide bonds. The molecule has 0 heterocycles. The summed E-state index contributed by atoms with van der Waals surface area (Å²) in [6.45, 7) is 6.45. The summed E-state index contributed by atoms with van der Waals surface area (Å²) in [7, 11) is 0. The lowest BCUT2D eigenvalue weighted by molar-refractivity contribution is -0.1000. The van der Waals surface area contributed by atoms with Crippen LogP contribution in [0.3, 0.4) is 0 Å². The van der Waals surface area contributed by atoms with Crippen LogP contribution in [0.4, 0.5) is 0 Å². The number of aliphatic hydroxyl groups is 6. The highest BCUT2D eigenvalue weighted by Gasteiger charge is 2.35. The number of hydrogen-bond acceptors (Lipinski definition) is 6. The molecule has 0 radical (unpaired) electrons. The van der Waals surface area contributed by atoms with Crippen LogP contribution in [0.2, 0.25) is 0 Å². The molecule has 31 heavy (non-hydrogen) atoms. The Morgan fingerprint density at radius 2 is 1.48 bits per heavy atom. The maximum Gasteiger partial charge on any atom is 0.139 e. The molecule has 5 atom stereocenters. The molecule has 1 aromatic rings. The van der Waals surface area contributed by atoms with Gasteiger partial charge >= 0.3 is 0 Å². The summed E-state index contributed by atoms with van der Waals surface area (Å²) in [5.74, 6) is -0.671. The molecular formula is C25H34O6. The van der Waals surface area contributed by atoms with Crippen LogP contribution in [0.5, 0.6) is 0 Å². The van der Waals surface area contributed by atoms with Gasteiger partial charge in [-0.2, -0.15) is 0 Å². The number of aliphatic hydroxyl groups excluding tert-OH is 6. The van der Waals surface area contributed by atoms with Crippen LogP contribution in [-0.2, 0) is 0 Å². The van der Waals surface area contributed by atoms with Crippen molar-refractivity contribution in [3.8, 4) is 0 Å². The molecule has 1 aliphatic rings. The summed E-state index contributed by atoms with van der Waals surface area (Å²) < 4.78 is 0. The molecule has 0 spiro atoms. The second-order valence-electron chi connectivity index (χ2n) is 8.40. The van der Waals surface area contributed by atoms with Crippen LogP contribution in [0.25, 0.3) is 6.08 Å². The van der Waals surface area contributed by atoms with Crippen molar-refractivity contribution in [3.63, 3.8) is 0 Å². The fourth-order valence-corrected chi connectivity index (χ4v) is 3.70. The van der Waals surface area contributed by atoms with E-state index < -0.39 is 35.9 Å². The molecule has 0 bridgehead atoms. The fraction of sp³-hybridized carbons (Fsp3) is 0.440. The van der Waals surface area contributed by atoms with Gasteiger partial charge in [-0.05, 0) is 47.5 Å². The first-order chi connectivity index (χ1) is 14.6. The quantitative estimate of drug-likeness (QED) is 0.334. The van der Waals surface area contributed by atoms with E-state index in [0.717, 1.165) is 12.8 Å². The summed E-state index contributed by atoms with van der Waals surface area (Å²) in [6.07, 6.45) is 2.73. The summed E-state index contributed by atoms with van der Waals surface area (Å²) >= 11 is 0. The Bertz CT molecular complexity index is 839. The van der Waals surface area contributed by atoms with Crippen LogP contribution < -0.4 is 0 Å². The number of benzene rings is 1. The van der Waals surface area contributed by atoms with Crippen LogP contribution in [0.15, 0.2) is 71.7 Å². The predicted molar refractivity (Wildman–Crippen MR) is 121 cm³/mol. The minimum atomic E-state index is -1.92. The molecule has 0 saturated heterocycles. The molecule has 1 aliphatic carbocycles. The van der Waals surface area contributed by atoms with Crippen LogP contribution in [0, 0.1) is 11.3 Å². The van der Waals surface area contributed by atoms with Gasteiger partial charge in [0.1, 0.15) is 35.9 Å². The van der Waals surface area contributed by atoms with Gasteiger partial charge in [-0.1, -0.05) is 69.3 Å². The first-order valence-electron chi connectivity index (χ1n) is 10.6. The topological polar surface area (TPSA) is 121 Å². The molecular weight excluding hydrogens is 396 g/mol. The van der Waals surface area contributed by atoms with Gasteiger partial charge in [0.05, 0.1) is 0 Å². The second kappa shape index (κ2) is 10.8. The zero-order valence-electron chi connectivity index (χ0n) is 18.3. The number of hydrogen-bond donors (Lipinski definition) is 6. The van der Waals surface area contributed by atoms with Crippen molar-refractivity contribution in [1.82, 2.24) is 0 Å². The van der Waals surface area contributed by atoms with E-state index in [0.29, 0.717) is 17.1 Å². The third kappa shape index (κ3) is 6.08. The monoisotopic (exact) mass is 430 g/mol. The third-order valence-electron chi connectivity index (χ3n) is 6.17. The molecule has 1 unspecified atom stereocenters. The van der Waals surface area contributed by atoms with Crippen molar-refractivity contribution >= 4 is 6.08 Å². The van der Waals surface area contributed by atoms with E-state index in [4.69, 9.17) is 0 Å². The molecule has 2 rings (SSSR count). The molecule has 1 aromatic carbocycles. The second-order valence-corrected chi connectivity index (χ2v) is 8.40. The third-order valence-corrected chi connectivity index (χ3v) is 6.17. The minimum absolute atomic E-state index is 0.0496. The highest BCUT2D eigenvalue weighted by Crippen LogP contribution is 2.40. The molecule has 6 N–H and O–H groups in total. The predicted octanol–water partition coefficient (Wildman–Crippen LogP) is 3.41. The normalized spacial score (nSPS) is 23.9. The fourth-order valence-electron chi connectivity index (χ4n) is 3.70. The van der Waals surface area contributed by atoms with E-state index in [1.807, 2.05) is 12.2 Å². The minimum Gasteiger partial charge on any atom is -0.509 e. The van der Waals surface area contributed by atoms with Crippen LogP contribution in [0.1, 0.15) is 39.2 Å². The Morgan fingerprint density at radius 1 is 0.935 bits per heavy atom. The van der Waals surface area contributed by atoms with Crippen LogP contribution in [-0.4, -0.2) is 55.1 Å². The SMILES string of the molecule is CCC1(C(C)C)C=CC(C=C(O)[C@H](O)[C@@H](O)[C@H](O)[C@H](O)C(O)=Cc2ccccc2)=CC1. The van der Waals surface area contributed by atoms with E-state index in [1.54, 1.807) is 30.3 Å². The lowest BCUT2D eigenvalue weighted by atomic mass is 9.70. The Kier molecular flexibility index (Phi) is 8.65. The van der Waals surface area contributed by atoms with E-state index in [9.17, 15) is 30.6 Å². The molecule has 0 aromatic heterocycles. The van der Waals surface area contributed by atoms with Crippen molar-refractivity contribution < 1.29 is 30.6 Å². The van der Waals surface area contributed by atoms with Gasteiger partial charge in [-0.25, -0.2) is 0 Å². The van der Waals surface area contributed by atoms with Gasteiger partial charge in [0.2, 0.25) is 0 Å². The maximum atomic E-state index is 10.3. The van der Waals surface area contributed by atoms with Gasteiger partial charge in [0, 0.05) is 0 Å². The zero-order chi connectivity index (χ0) is 23.2. The van der Waals surface area contributed by atoms with Crippen molar-refractivity contribution in [1.29, 1.82) is 0 Å². The van der Waals surface area contributed by atoms with E-state index >= 15 is 0 Å². The Labute approximate surface area is 183 Å². The molecule has 170 valence electrons. The molecule has 0 fully saturated rings. The lowest BCUT2D eigenvalue weighted by Crippen LogP contribution is -2.45. The summed E-state index contributed by atoms with van der Waals surface area (Å²) in [5, 5.41) is 61.1. The molecule has 0 aliphatic heterocycles. The van der Waals surface area contributed by atoms with E-state index in [-0.39, 0.29) is 5.41 Å². The Morgan fingerprint density at radius 3 is 1.94 bits per heavy atom. The van der Waals surface area contributed by atoms with Crippen LogP contribution >= 0.6 is 0 Å². The average molecular weight is 431 g/mol.